The molecular formula is C28H26N6O2. The second-order valence-electron chi connectivity index (χ2n) is 10.7. The van der Waals surface area contributed by atoms with Crippen molar-refractivity contribution >= 4 is 11.4 Å². The number of rotatable bonds is 4. The molecule has 0 radical (unpaired) electrons. The Kier molecular flexibility index (Phi) is 4.05. The lowest BCUT2D eigenvalue weighted by molar-refractivity contribution is 0.0938. The summed E-state index contributed by atoms with van der Waals surface area (Å²) in [7, 11) is 0. The molecule has 3 N–H and O–H groups in total. The van der Waals surface area contributed by atoms with Gasteiger partial charge in [-0.3, -0.25) is 4.79 Å². The van der Waals surface area contributed by atoms with E-state index in [1.54, 1.807) is 0 Å². The van der Waals surface area contributed by atoms with E-state index in [0.717, 1.165) is 78.0 Å². The number of nitrogens with zero attached hydrogens (tertiary/aromatic N) is 4. The second kappa shape index (κ2) is 7.13. The minimum absolute atomic E-state index is 0.0380. The van der Waals surface area contributed by atoms with Crippen LogP contribution in [0.1, 0.15) is 83.5 Å². The van der Waals surface area contributed by atoms with E-state index < -0.39 is 0 Å². The summed E-state index contributed by atoms with van der Waals surface area (Å²) in [6.45, 7) is 0. The molecule has 0 spiro atoms. The lowest BCUT2D eigenvalue weighted by Crippen LogP contribution is -2.44. The number of amides is 1. The van der Waals surface area contributed by atoms with Crippen LogP contribution in [0, 0.1) is 0 Å². The van der Waals surface area contributed by atoms with Crippen molar-refractivity contribution in [3.8, 4) is 16.9 Å². The molecule has 4 aromatic rings. The highest BCUT2D eigenvalue weighted by atomic mass is 16.5. The predicted molar refractivity (Wildman–Crippen MR) is 133 cm³/mol. The predicted octanol–water partition coefficient (Wildman–Crippen LogP) is 3.99. The number of hydrogen-bond donors (Lipinski definition) is 2. The van der Waals surface area contributed by atoms with Crippen molar-refractivity contribution in [1.82, 2.24) is 24.9 Å². The van der Waals surface area contributed by atoms with Gasteiger partial charge in [-0.1, -0.05) is 6.07 Å². The first-order valence-electron chi connectivity index (χ1n) is 12.8. The highest BCUT2D eigenvalue weighted by molar-refractivity contribution is 5.98. The number of fused-ring (bicyclic) bond motifs is 9. The molecule has 2 fully saturated rings. The maximum Gasteiger partial charge on any atom is 0.252 e. The molecule has 180 valence electrons. The Balaban J connectivity index is 1.25. The van der Waals surface area contributed by atoms with Crippen LogP contribution < -0.4 is 15.8 Å². The van der Waals surface area contributed by atoms with E-state index in [1.165, 1.54) is 5.56 Å². The summed E-state index contributed by atoms with van der Waals surface area (Å²) < 4.78 is 8.22. The summed E-state index contributed by atoms with van der Waals surface area (Å²) in [5.74, 6) is 1.54. The summed E-state index contributed by atoms with van der Waals surface area (Å²) >= 11 is 0. The molecule has 2 atom stereocenters. The highest BCUT2D eigenvalue weighted by Crippen LogP contribution is 2.51. The molecule has 4 heterocycles. The Hall–Kier alpha value is -3.78. The van der Waals surface area contributed by atoms with Crippen molar-refractivity contribution < 1.29 is 9.53 Å². The lowest BCUT2D eigenvalue weighted by Gasteiger charge is -2.36. The zero-order chi connectivity index (χ0) is 24.0. The van der Waals surface area contributed by atoms with Crippen molar-refractivity contribution in [2.45, 2.75) is 62.1 Å². The summed E-state index contributed by atoms with van der Waals surface area (Å²) in [5.41, 5.74) is 12.9. The van der Waals surface area contributed by atoms with Crippen LogP contribution in [0.5, 0.6) is 5.75 Å². The fraction of sp³-hybridized carbons (Fsp3) is 0.357. The molecule has 1 aromatic carbocycles. The molecule has 3 aliphatic carbocycles. The Bertz CT molecular complexity index is 1550. The van der Waals surface area contributed by atoms with Gasteiger partial charge in [-0.2, -0.15) is 5.10 Å². The van der Waals surface area contributed by atoms with Crippen LogP contribution >= 0.6 is 0 Å². The van der Waals surface area contributed by atoms with E-state index in [9.17, 15) is 4.79 Å². The minimum Gasteiger partial charge on any atom is -0.490 e. The maximum atomic E-state index is 13.1. The molecule has 1 aliphatic heterocycles. The average molecular weight is 479 g/mol. The van der Waals surface area contributed by atoms with Crippen LogP contribution in [-0.2, 0) is 5.54 Å². The van der Waals surface area contributed by atoms with Gasteiger partial charge in [0.25, 0.3) is 5.91 Å². The summed E-state index contributed by atoms with van der Waals surface area (Å²) in [5, 5.41) is 8.12. The smallest absolute Gasteiger partial charge is 0.252 e. The van der Waals surface area contributed by atoms with Crippen LogP contribution in [0.4, 0.5) is 0 Å². The number of aromatic nitrogens is 4. The van der Waals surface area contributed by atoms with Gasteiger partial charge in [-0.15, -0.1) is 0 Å². The van der Waals surface area contributed by atoms with Gasteiger partial charge in [0.1, 0.15) is 11.6 Å². The van der Waals surface area contributed by atoms with Crippen molar-refractivity contribution in [1.29, 1.82) is 0 Å². The third-order valence-electron chi connectivity index (χ3n) is 8.31. The summed E-state index contributed by atoms with van der Waals surface area (Å²) in [4.78, 5) is 22.3. The molecule has 2 saturated carbocycles. The zero-order valence-corrected chi connectivity index (χ0v) is 19.8. The first-order chi connectivity index (χ1) is 17.6. The number of carbonyl (C=O) groups is 1. The van der Waals surface area contributed by atoms with Crippen molar-refractivity contribution in [3.05, 3.63) is 77.1 Å². The van der Waals surface area contributed by atoms with E-state index in [0.29, 0.717) is 5.56 Å². The first kappa shape index (κ1) is 20.4. The van der Waals surface area contributed by atoms with E-state index in [1.807, 2.05) is 47.4 Å². The molecule has 8 heteroatoms. The van der Waals surface area contributed by atoms with Crippen molar-refractivity contribution in [3.63, 3.8) is 0 Å². The number of pyridine rings is 1. The van der Waals surface area contributed by atoms with Gasteiger partial charge in [0, 0.05) is 46.8 Å². The van der Waals surface area contributed by atoms with Crippen LogP contribution in [0.3, 0.4) is 0 Å². The Morgan fingerprint density at radius 2 is 1.92 bits per heavy atom. The number of hydrogen-bond acceptors (Lipinski definition) is 6. The molecule has 0 unspecified atom stereocenters. The minimum atomic E-state index is -0.372. The van der Waals surface area contributed by atoms with Crippen LogP contribution in [0.2, 0.25) is 0 Å². The number of ether oxygens (including phenoxy) is 1. The van der Waals surface area contributed by atoms with Gasteiger partial charge < -0.3 is 15.8 Å². The quantitative estimate of drug-likeness (QED) is 0.459. The molecule has 2 bridgehead atoms. The molecule has 4 aliphatic rings. The molecule has 1 amide bonds. The van der Waals surface area contributed by atoms with Crippen LogP contribution in [0.25, 0.3) is 16.6 Å². The summed E-state index contributed by atoms with van der Waals surface area (Å²) in [6, 6.07) is 9.91. The second-order valence-corrected chi connectivity index (χ2v) is 10.7. The van der Waals surface area contributed by atoms with Gasteiger partial charge in [-0.05, 0) is 68.4 Å². The van der Waals surface area contributed by atoms with Crippen molar-refractivity contribution in [2.24, 2.45) is 5.73 Å². The van der Waals surface area contributed by atoms with Crippen LogP contribution in [0.15, 0.2) is 48.9 Å². The molecule has 0 saturated heterocycles. The average Bonchev–Trinajstić information content (AvgIpc) is 3.55. The van der Waals surface area contributed by atoms with Crippen molar-refractivity contribution in [2.75, 3.05) is 0 Å². The first-order valence-corrected chi connectivity index (χ1v) is 12.8. The van der Waals surface area contributed by atoms with Gasteiger partial charge in [0.15, 0.2) is 0 Å². The summed E-state index contributed by atoms with van der Waals surface area (Å²) in [6.07, 6.45) is 11.9. The number of carbonyl (C=O) groups excluding carboxylic acids is 1. The monoisotopic (exact) mass is 478 g/mol. The Labute approximate surface area is 207 Å². The van der Waals surface area contributed by atoms with Crippen LogP contribution in [-0.4, -0.2) is 31.6 Å². The molecular weight excluding hydrogens is 452 g/mol. The number of nitrogens with two attached hydrogens (primary N) is 1. The Morgan fingerprint density at radius 3 is 2.67 bits per heavy atom. The Morgan fingerprint density at radius 1 is 1.08 bits per heavy atom. The SMILES string of the molecule is NC1(c2ncc(-c3ccn4nc5c(c4c3)[C@@H]3C[C@H]5NC(=O)c4cccc(OC5CC5)c43)cn2)CCC1. The van der Waals surface area contributed by atoms with E-state index in [-0.39, 0.29) is 29.5 Å². The van der Waals surface area contributed by atoms with Gasteiger partial charge >= 0.3 is 0 Å². The van der Waals surface area contributed by atoms with Gasteiger partial charge in [0.2, 0.25) is 0 Å². The van der Waals surface area contributed by atoms with Gasteiger partial charge in [-0.25, -0.2) is 14.5 Å². The lowest BCUT2D eigenvalue weighted by atomic mass is 9.77. The fourth-order valence-corrected chi connectivity index (χ4v) is 6.05. The molecule has 36 heavy (non-hydrogen) atoms. The third kappa shape index (κ3) is 2.91. The topological polar surface area (TPSA) is 107 Å². The highest BCUT2D eigenvalue weighted by Gasteiger charge is 2.44. The number of nitrogens with one attached hydrogen (secondary N) is 1. The van der Waals surface area contributed by atoms with E-state index in [4.69, 9.17) is 15.6 Å². The maximum absolute atomic E-state index is 13.1. The normalized spacial score (nSPS) is 23.4. The standard InChI is InChI=1S/C28H26N6O2/c29-28(8-2-9-28)27-30-13-16(14-31-27)15-7-10-34-21(11-15)24-19-12-20(25(24)33-34)32-26(35)18-3-1-4-22(23(18)19)36-17-5-6-17/h1,3-4,7,10-11,13-14,17,19-20H,2,5-6,8-9,12,29H2,(H,32,35)/t19-,20-/m1/s1. The molecule has 8 rings (SSSR count). The van der Waals surface area contributed by atoms with E-state index >= 15 is 0 Å². The molecule has 3 aromatic heterocycles. The van der Waals surface area contributed by atoms with Gasteiger partial charge in [0.05, 0.1) is 28.9 Å². The van der Waals surface area contributed by atoms with E-state index in [2.05, 4.69) is 21.4 Å². The largest absolute Gasteiger partial charge is 0.490 e. The zero-order valence-electron chi connectivity index (χ0n) is 19.8. The number of benzene rings is 1. The third-order valence-corrected chi connectivity index (χ3v) is 8.31. The fourth-order valence-electron chi connectivity index (χ4n) is 6.05. The molecule has 8 nitrogen and oxygen atoms in total.